The van der Waals surface area contributed by atoms with E-state index in [2.05, 4.69) is 91.0 Å². The maximum atomic E-state index is 2.16. The summed E-state index contributed by atoms with van der Waals surface area (Å²) < 4.78 is 0. The Bertz CT molecular complexity index is 524. The molecule has 3 rings (SSSR count). The Labute approximate surface area is 134 Å². The molecule has 0 aliphatic rings. The van der Waals surface area contributed by atoms with Crippen LogP contribution in [0.2, 0.25) is 0 Å². The van der Waals surface area contributed by atoms with Crippen LogP contribution in [0.15, 0.2) is 91.0 Å². The van der Waals surface area contributed by atoms with Crippen LogP contribution in [0.25, 0.3) is 0 Å². The average Bonchev–Trinajstić information content (AvgIpc) is 2.51. The van der Waals surface area contributed by atoms with Gasteiger partial charge in [0.25, 0.3) is 0 Å². The third kappa shape index (κ3) is 3.21. The SMILES string of the molecule is [W].c1ccc([C-](c2ccccc2)c2ccccc2)cc1. The van der Waals surface area contributed by atoms with E-state index in [1.54, 1.807) is 0 Å². The zero-order chi connectivity index (χ0) is 12.9. The number of hydrogen-bond donors (Lipinski definition) is 0. The molecule has 98 valence electrons. The fraction of sp³-hybridized carbons (Fsp3) is 0. The molecule has 0 N–H and O–H groups in total. The van der Waals surface area contributed by atoms with Crippen molar-refractivity contribution in [2.24, 2.45) is 0 Å². The third-order valence-corrected chi connectivity index (χ3v) is 3.19. The van der Waals surface area contributed by atoms with E-state index in [9.17, 15) is 0 Å². The zero-order valence-electron chi connectivity index (χ0n) is 11.1. The summed E-state index contributed by atoms with van der Waals surface area (Å²) in [5, 5.41) is 0. The van der Waals surface area contributed by atoms with Crippen molar-refractivity contribution in [3.05, 3.63) is 114 Å². The molecule has 0 saturated carbocycles. The van der Waals surface area contributed by atoms with Gasteiger partial charge in [0.2, 0.25) is 0 Å². The second-order valence-corrected chi connectivity index (χ2v) is 4.47. The second kappa shape index (κ2) is 7.12. The molecule has 0 atom stereocenters. The second-order valence-electron chi connectivity index (χ2n) is 4.47. The minimum Gasteiger partial charge on any atom is -0.0999 e. The van der Waals surface area contributed by atoms with Crippen molar-refractivity contribution in [2.45, 2.75) is 0 Å². The first-order chi connectivity index (χ1) is 9.45. The molecule has 20 heavy (non-hydrogen) atoms. The van der Waals surface area contributed by atoms with Gasteiger partial charge < -0.3 is 0 Å². The minimum atomic E-state index is 0. The van der Waals surface area contributed by atoms with Gasteiger partial charge in [0, 0.05) is 21.1 Å². The van der Waals surface area contributed by atoms with E-state index < -0.39 is 0 Å². The predicted molar refractivity (Wildman–Crippen MR) is 79.9 cm³/mol. The van der Waals surface area contributed by atoms with E-state index in [4.69, 9.17) is 0 Å². The van der Waals surface area contributed by atoms with Crippen LogP contribution >= 0.6 is 0 Å². The summed E-state index contributed by atoms with van der Waals surface area (Å²) in [4.78, 5) is 0. The molecule has 0 heterocycles. The van der Waals surface area contributed by atoms with E-state index in [0.29, 0.717) is 0 Å². The topological polar surface area (TPSA) is 0 Å². The van der Waals surface area contributed by atoms with Crippen molar-refractivity contribution in [1.29, 1.82) is 0 Å². The predicted octanol–water partition coefficient (Wildman–Crippen LogP) is 4.70. The molecule has 0 nitrogen and oxygen atoms in total. The van der Waals surface area contributed by atoms with E-state index >= 15 is 0 Å². The van der Waals surface area contributed by atoms with Gasteiger partial charge in [0.15, 0.2) is 0 Å². The summed E-state index contributed by atoms with van der Waals surface area (Å²) in [6, 6.07) is 31.6. The van der Waals surface area contributed by atoms with Gasteiger partial charge in [0.05, 0.1) is 0 Å². The van der Waals surface area contributed by atoms with Gasteiger partial charge in [-0.1, -0.05) is 114 Å². The maximum Gasteiger partial charge on any atom is 0 e. The van der Waals surface area contributed by atoms with Crippen LogP contribution in [0.4, 0.5) is 0 Å². The Morgan fingerprint density at radius 1 is 0.400 bits per heavy atom. The van der Waals surface area contributed by atoms with Gasteiger partial charge in [-0.3, -0.25) is 0 Å². The molecule has 0 fully saturated rings. The third-order valence-electron chi connectivity index (χ3n) is 3.19. The van der Waals surface area contributed by atoms with Gasteiger partial charge in [-0.25, -0.2) is 0 Å². The number of benzene rings is 3. The first-order valence-corrected chi connectivity index (χ1v) is 6.48. The molecule has 0 spiro atoms. The smallest absolute Gasteiger partial charge is 0 e. The van der Waals surface area contributed by atoms with E-state index in [-0.39, 0.29) is 21.1 Å². The molecule has 0 saturated heterocycles. The summed E-state index contributed by atoms with van der Waals surface area (Å²) in [6.45, 7) is 0. The van der Waals surface area contributed by atoms with Gasteiger partial charge in [-0.2, -0.15) is 0 Å². The van der Waals surface area contributed by atoms with Crippen LogP contribution in [0.5, 0.6) is 0 Å². The molecule has 3 aromatic rings. The van der Waals surface area contributed by atoms with Crippen molar-refractivity contribution in [1.82, 2.24) is 0 Å². The molecule has 0 aliphatic heterocycles. The van der Waals surface area contributed by atoms with Crippen molar-refractivity contribution in [2.75, 3.05) is 0 Å². The van der Waals surface area contributed by atoms with Crippen molar-refractivity contribution < 1.29 is 21.1 Å². The van der Waals surface area contributed by atoms with Crippen LogP contribution < -0.4 is 0 Å². The standard InChI is InChI=1S/C19H15.W/c1-4-10-16(11-5-1)19(17-12-6-2-7-13-17)18-14-8-3-9-15-18;/h1-15H;/q-1;. The van der Waals surface area contributed by atoms with E-state index in [1.165, 1.54) is 22.6 Å². The van der Waals surface area contributed by atoms with Crippen molar-refractivity contribution in [3.63, 3.8) is 0 Å². The monoisotopic (exact) mass is 427 g/mol. The molecule has 0 unspecified atom stereocenters. The summed E-state index contributed by atoms with van der Waals surface area (Å²) >= 11 is 0. The Balaban J connectivity index is 0.00000147. The molecule has 0 amide bonds. The van der Waals surface area contributed by atoms with Gasteiger partial charge in [-0.15, -0.1) is 0 Å². The molecular weight excluding hydrogens is 412 g/mol. The molecule has 0 aromatic heterocycles. The van der Waals surface area contributed by atoms with Gasteiger partial charge in [-0.05, 0) is 0 Å². The normalized spacial score (nSPS) is 9.60. The Kier molecular flexibility index (Phi) is 5.21. The molecule has 0 radical (unpaired) electrons. The first-order valence-electron chi connectivity index (χ1n) is 6.48. The van der Waals surface area contributed by atoms with Crippen LogP contribution in [0.1, 0.15) is 16.7 Å². The van der Waals surface area contributed by atoms with Gasteiger partial charge >= 0.3 is 0 Å². The van der Waals surface area contributed by atoms with Gasteiger partial charge in [0.1, 0.15) is 0 Å². The van der Waals surface area contributed by atoms with Crippen LogP contribution in [0, 0.1) is 5.92 Å². The summed E-state index contributed by atoms with van der Waals surface area (Å²) in [7, 11) is 0. The maximum absolute atomic E-state index is 2.16. The molecule has 3 aromatic carbocycles. The van der Waals surface area contributed by atoms with E-state index in [1.807, 2.05) is 0 Å². The zero-order valence-corrected chi connectivity index (χ0v) is 14.0. The van der Waals surface area contributed by atoms with Crippen molar-refractivity contribution >= 4 is 0 Å². The Hall–Kier alpha value is -1.78. The molecule has 0 bridgehead atoms. The van der Waals surface area contributed by atoms with Crippen molar-refractivity contribution in [3.8, 4) is 0 Å². The molecule has 1 heteroatoms. The number of rotatable bonds is 3. The quantitative estimate of drug-likeness (QED) is 0.420. The largest absolute Gasteiger partial charge is 0.0999 e. The summed E-state index contributed by atoms with van der Waals surface area (Å²) in [6.07, 6.45) is 0. The summed E-state index contributed by atoms with van der Waals surface area (Å²) in [5.41, 5.74) is 3.75. The molecule has 0 aliphatic carbocycles. The fourth-order valence-electron chi connectivity index (χ4n) is 2.31. The fourth-order valence-corrected chi connectivity index (χ4v) is 2.31. The van der Waals surface area contributed by atoms with Crippen LogP contribution in [-0.2, 0) is 21.1 Å². The average molecular weight is 427 g/mol. The molecular formula is C19H15W-. The first kappa shape index (κ1) is 14.6. The van der Waals surface area contributed by atoms with Crippen LogP contribution in [0.3, 0.4) is 0 Å². The van der Waals surface area contributed by atoms with Crippen LogP contribution in [-0.4, -0.2) is 0 Å². The van der Waals surface area contributed by atoms with E-state index in [0.717, 1.165) is 0 Å². The number of hydrogen-bond acceptors (Lipinski definition) is 0. The Morgan fingerprint density at radius 2 is 0.650 bits per heavy atom. The summed E-state index contributed by atoms with van der Waals surface area (Å²) in [5.74, 6) is 1.28. The Morgan fingerprint density at radius 3 is 0.900 bits per heavy atom. The minimum absolute atomic E-state index is 0.